The maximum absolute atomic E-state index is 5.62. The third-order valence-corrected chi connectivity index (χ3v) is 2.95. The summed E-state index contributed by atoms with van der Waals surface area (Å²) in [5.74, 6) is 0.583. The molecule has 0 aliphatic heterocycles. The molecular weight excluding hydrogens is 258 g/mol. The van der Waals surface area contributed by atoms with Crippen molar-refractivity contribution < 1.29 is 4.74 Å². The zero-order valence-electron chi connectivity index (χ0n) is 9.49. The third kappa shape index (κ3) is 3.43. The van der Waals surface area contributed by atoms with Crippen molar-refractivity contribution >= 4 is 15.9 Å². The van der Waals surface area contributed by atoms with Gasteiger partial charge in [-0.1, -0.05) is 0 Å². The molecule has 1 aromatic heterocycles. The average Bonchev–Trinajstić information content (AvgIpc) is 2.16. The number of nitrogens with zero attached hydrogens (tertiary/aromatic N) is 3. The monoisotopic (exact) mass is 273 g/mol. The number of halogens is 1. The fourth-order valence-corrected chi connectivity index (χ4v) is 1.12. The van der Waals surface area contributed by atoms with Gasteiger partial charge in [-0.3, -0.25) is 0 Å². The van der Waals surface area contributed by atoms with Gasteiger partial charge in [0.25, 0.3) is 0 Å². The Balaban J connectivity index is 2.62. The fraction of sp³-hybridized carbons (Fsp3) is 0.600. The summed E-state index contributed by atoms with van der Waals surface area (Å²) in [5.41, 5.74) is -0.0234. The molecule has 0 amide bonds. The summed E-state index contributed by atoms with van der Waals surface area (Å²) in [6, 6.07) is 0. The normalized spacial score (nSPS) is 11.9. The molecule has 1 rings (SSSR count). The highest BCUT2D eigenvalue weighted by atomic mass is 79.9. The van der Waals surface area contributed by atoms with Crippen LogP contribution >= 0.6 is 15.9 Å². The molecule has 0 aliphatic carbocycles. The molecule has 1 aromatic rings. The zero-order chi connectivity index (χ0) is 11.5. The molecule has 0 aromatic carbocycles. The molecule has 0 aliphatic rings. The van der Waals surface area contributed by atoms with E-state index in [4.69, 9.17) is 4.74 Å². The van der Waals surface area contributed by atoms with E-state index in [0.29, 0.717) is 12.5 Å². The van der Waals surface area contributed by atoms with Crippen LogP contribution in [0, 0.1) is 0 Å². The van der Waals surface area contributed by atoms with Crippen molar-refractivity contribution in [3.05, 3.63) is 17.0 Å². The summed E-state index contributed by atoms with van der Waals surface area (Å²) in [6.07, 6.45) is 3.15. The van der Waals surface area contributed by atoms with Gasteiger partial charge in [0.15, 0.2) is 0 Å². The molecule has 0 radical (unpaired) electrons. The highest BCUT2D eigenvalue weighted by Gasteiger charge is 2.21. The largest absolute Gasteiger partial charge is 0.475 e. The number of ether oxygens (including phenoxy) is 1. The van der Waals surface area contributed by atoms with Crippen molar-refractivity contribution in [1.82, 2.24) is 14.9 Å². The maximum Gasteiger partial charge on any atom is 0.231 e. The van der Waals surface area contributed by atoms with E-state index >= 15 is 0 Å². The summed E-state index contributed by atoms with van der Waals surface area (Å²) in [6.45, 7) is 4.81. The molecule has 15 heavy (non-hydrogen) atoms. The van der Waals surface area contributed by atoms with Gasteiger partial charge < -0.3 is 9.64 Å². The molecule has 0 saturated heterocycles. The molecule has 0 unspecified atom stereocenters. The first-order valence-electron chi connectivity index (χ1n) is 4.69. The number of hydrogen-bond acceptors (Lipinski definition) is 4. The van der Waals surface area contributed by atoms with E-state index in [0.717, 1.165) is 4.47 Å². The first-order chi connectivity index (χ1) is 6.93. The van der Waals surface area contributed by atoms with Crippen molar-refractivity contribution in [3.63, 3.8) is 0 Å². The lowest BCUT2D eigenvalue weighted by Gasteiger charge is -2.31. The van der Waals surface area contributed by atoms with Crippen LogP contribution in [0.4, 0.5) is 0 Å². The highest BCUT2D eigenvalue weighted by molar-refractivity contribution is 9.10. The van der Waals surface area contributed by atoms with Crippen LogP contribution in [0.2, 0.25) is 0 Å². The fourth-order valence-electron chi connectivity index (χ4n) is 0.782. The Morgan fingerprint density at radius 2 is 2.13 bits per heavy atom. The second kappa shape index (κ2) is 4.90. The van der Waals surface area contributed by atoms with Crippen molar-refractivity contribution in [1.29, 1.82) is 0 Å². The summed E-state index contributed by atoms with van der Waals surface area (Å²) in [4.78, 5) is 10.0. The molecule has 0 saturated carbocycles. The topological polar surface area (TPSA) is 38.2 Å². The van der Waals surface area contributed by atoms with E-state index in [1.54, 1.807) is 6.20 Å². The standard InChI is InChI=1S/C10H16BrN3O/c1-10(2,14(3)4)6-15-9-8(11)5-12-7-13-9/h5,7H,6H2,1-4H3. The van der Waals surface area contributed by atoms with Crippen LogP contribution in [0.1, 0.15) is 13.8 Å². The molecule has 4 nitrogen and oxygen atoms in total. The molecule has 0 fully saturated rings. The Labute approximate surface area is 98.8 Å². The average molecular weight is 274 g/mol. The van der Waals surface area contributed by atoms with Crippen LogP contribution in [0.5, 0.6) is 5.88 Å². The quantitative estimate of drug-likeness (QED) is 0.841. The third-order valence-electron chi connectivity index (χ3n) is 2.41. The van der Waals surface area contributed by atoms with Gasteiger partial charge in [0.05, 0.1) is 4.47 Å². The van der Waals surface area contributed by atoms with Crippen LogP contribution in [-0.4, -0.2) is 41.1 Å². The van der Waals surface area contributed by atoms with Crippen LogP contribution in [-0.2, 0) is 0 Å². The highest BCUT2D eigenvalue weighted by Crippen LogP contribution is 2.21. The smallest absolute Gasteiger partial charge is 0.231 e. The Bertz CT molecular complexity index is 328. The molecular formula is C10H16BrN3O. The van der Waals surface area contributed by atoms with Crippen LogP contribution in [0.3, 0.4) is 0 Å². The van der Waals surface area contributed by atoms with Gasteiger partial charge in [-0.15, -0.1) is 0 Å². The molecule has 1 heterocycles. The van der Waals surface area contributed by atoms with E-state index in [9.17, 15) is 0 Å². The van der Waals surface area contributed by atoms with E-state index in [1.807, 2.05) is 14.1 Å². The Morgan fingerprint density at radius 1 is 1.47 bits per heavy atom. The van der Waals surface area contributed by atoms with E-state index in [2.05, 4.69) is 44.6 Å². The molecule has 0 atom stereocenters. The first-order valence-corrected chi connectivity index (χ1v) is 5.48. The Kier molecular flexibility index (Phi) is 4.04. The van der Waals surface area contributed by atoms with Crippen molar-refractivity contribution in [2.75, 3.05) is 20.7 Å². The Morgan fingerprint density at radius 3 is 2.67 bits per heavy atom. The van der Waals surface area contributed by atoms with Gasteiger partial charge in [-0.05, 0) is 43.9 Å². The lowest BCUT2D eigenvalue weighted by molar-refractivity contribution is 0.110. The van der Waals surface area contributed by atoms with Crippen LogP contribution in [0.25, 0.3) is 0 Å². The predicted octanol–water partition coefficient (Wildman–Crippen LogP) is 1.96. The Hall–Kier alpha value is -0.680. The van der Waals surface area contributed by atoms with E-state index in [1.165, 1.54) is 6.33 Å². The number of hydrogen-bond donors (Lipinski definition) is 0. The summed E-state index contributed by atoms with van der Waals surface area (Å²) >= 11 is 3.34. The van der Waals surface area contributed by atoms with Crippen LogP contribution in [0.15, 0.2) is 17.0 Å². The first kappa shape index (κ1) is 12.4. The lowest BCUT2D eigenvalue weighted by atomic mass is 10.1. The minimum Gasteiger partial charge on any atom is -0.475 e. The predicted molar refractivity (Wildman–Crippen MR) is 63.0 cm³/mol. The number of likely N-dealkylation sites (N-methyl/N-ethyl adjacent to an activating group) is 1. The van der Waals surface area contributed by atoms with Gasteiger partial charge in [-0.25, -0.2) is 9.97 Å². The van der Waals surface area contributed by atoms with E-state index < -0.39 is 0 Å². The maximum atomic E-state index is 5.62. The molecule has 0 spiro atoms. The number of aromatic nitrogens is 2. The van der Waals surface area contributed by atoms with Crippen molar-refractivity contribution in [2.24, 2.45) is 0 Å². The molecule has 0 N–H and O–H groups in total. The van der Waals surface area contributed by atoms with Crippen molar-refractivity contribution in [3.8, 4) is 5.88 Å². The van der Waals surface area contributed by atoms with Gasteiger partial charge in [0, 0.05) is 11.7 Å². The van der Waals surface area contributed by atoms with Gasteiger partial charge in [-0.2, -0.15) is 0 Å². The van der Waals surface area contributed by atoms with Crippen molar-refractivity contribution in [2.45, 2.75) is 19.4 Å². The SMILES string of the molecule is CN(C)C(C)(C)COc1ncncc1Br. The summed E-state index contributed by atoms with van der Waals surface area (Å²) < 4.78 is 6.40. The van der Waals surface area contributed by atoms with Gasteiger partial charge >= 0.3 is 0 Å². The summed E-state index contributed by atoms with van der Waals surface area (Å²) in [7, 11) is 4.05. The second-order valence-corrected chi connectivity index (χ2v) is 5.03. The van der Waals surface area contributed by atoms with Gasteiger partial charge in [0.2, 0.25) is 5.88 Å². The molecule has 84 valence electrons. The zero-order valence-corrected chi connectivity index (χ0v) is 11.1. The van der Waals surface area contributed by atoms with E-state index in [-0.39, 0.29) is 5.54 Å². The van der Waals surface area contributed by atoms with Crippen LogP contribution < -0.4 is 4.74 Å². The second-order valence-electron chi connectivity index (χ2n) is 4.17. The minimum absolute atomic E-state index is 0.0234. The summed E-state index contributed by atoms with van der Waals surface area (Å²) in [5, 5.41) is 0. The molecule has 5 heteroatoms. The lowest BCUT2D eigenvalue weighted by Crippen LogP contribution is -2.43. The minimum atomic E-state index is -0.0234. The number of rotatable bonds is 4. The van der Waals surface area contributed by atoms with Gasteiger partial charge in [0.1, 0.15) is 12.9 Å². The molecule has 0 bridgehead atoms.